The van der Waals surface area contributed by atoms with Crippen LogP contribution in [0.15, 0.2) is 24.3 Å². The molecule has 22 heavy (non-hydrogen) atoms. The molecule has 0 amide bonds. The molecule has 0 spiro atoms. The normalized spacial score (nSPS) is 33.1. The smallest absolute Gasteiger partial charge is 0.160 e. The Kier molecular flexibility index (Phi) is 8.53. The van der Waals surface area contributed by atoms with Crippen molar-refractivity contribution >= 4 is 11.6 Å². The second-order valence-corrected chi connectivity index (χ2v) is 6.60. The number of unbranched alkanes of at least 4 members (excludes halogenated alkanes) is 1. The van der Waals surface area contributed by atoms with Gasteiger partial charge in [-0.2, -0.15) is 0 Å². The molecule has 0 radical (unpaired) electrons. The minimum Gasteiger partial charge on any atom is -0.374 e. The van der Waals surface area contributed by atoms with E-state index in [1.165, 1.54) is 18.4 Å². The van der Waals surface area contributed by atoms with Gasteiger partial charge in [0.05, 0.1) is 25.9 Å². The molecule has 0 N–H and O–H groups in total. The summed E-state index contributed by atoms with van der Waals surface area (Å²) in [5, 5.41) is 0. The van der Waals surface area contributed by atoms with Gasteiger partial charge in [0.2, 0.25) is 0 Å². The van der Waals surface area contributed by atoms with Crippen molar-refractivity contribution in [1.29, 1.82) is 0 Å². The molecule has 3 nitrogen and oxygen atoms in total. The van der Waals surface area contributed by atoms with Gasteiger partial charge in [0.1, 0.15) is 0 Å². The van der Waals surface area contributed by atoms with Gasteiger partial charge in [-0.05, 0) is 51.0 Å². The van der Waals surface area contributed by atoms with Gasteiger partial charge >= 0.3 is 0 Å². The molecule has 2 fully saturated rings. The Morgan fingerprint density at radius 3 is 2.50 bits per heavy atom. The first-order valence-electron chi connectivity index (χ1n) is 8.54. The van der Waals surface area contributed by atoms with Crippen molar-refractivity contribution < 1.29 is 14.2 Å². The molecule has 1 saturated heterocycles. The van der Waals surface area contributed by atoms with Gasteiger partial charge in [0.15, 0.2) is 6.29 Å². The Morgan fingerprint density at radius 1 is 1.14 bits per heavy atom. The van der Waals surface area contributed by atoms with E-state index >= 15 is 0 Å². The van der Waals surface area contributed by atoms with Crippen LogP contribution in [0.1, 0.15) is 44.9 Å². The van der Waals surface area contributed by atoms with E-state index in [0.717, 1.165) is 45.3 Å². The molecule has 0 atom stereocenters. The van der Waals surface area contributed by atoms with Crippen LogP contribution >= 0.6 is 11.6 Å². The van der Waals surface area contributed by atoms with Crippen LogP contribution < -0.4 is 0 Å². The molecule has 2 aliphatic rings. The number of rotatable bonds is 8. The average molecular weight is 329 g/mol. The van der Waals surface area contributed by atoms with Gasteiger partial charge in [-0.1, -0.05) is 17.7 Å². The molecule has 2 rings (SSSR count). The summed E-state index contributed by atoms with van der Waals surface area (Å²) in [7, 11) is 0. The second-order valence-electron chi connectivity index (χ2n) is 6.35. The summed E-state index contributed by atoms with van der Waals surface area (Å²) < 4.78 is 17.7. The lowest BCUT2D eigenvalue weighted by molar-refractivity contribution is -0.231. The zero-order valence-electron chi connectivity index (χ0n) is 13.4. The molecule has 1 aliphatic carbocycles. The highest BCUT2D eigenvalue weighted by atomic mass is 35.5. The molecule has 4 heteroatoms. The highest BCUT2D eigenvalue weighted by Gasteiger charge is 2.32. The monoisotopic (exact) mass is 328 g/mol. The third-order valence-electron chi connectivity index (χ3n) is 4.63. The van der Waals surface area contributed by atoms with Crippen molar-refractivity contribution in [2.24, 2.45) is 11.8 Å². The number of hydrogen-bond acceptors (Lipinski definition) is 3. The van der Waals surface area contributed by atoms with Crippen LogP contribution in [0.2, 0.25) is 0 Å². The largest absolute Gasteiger partial charge is 0.374 e. The molecule has 0 aromatic heterocycles. The van der Waals surface area contributed by atoms with Crippen molar-refractivity contribution in [3.8, 4) is 0 Å². The van der Waals surface area contributed by atoms with Crippen LogP contribution in [0, 0.1) is 11.8 Å². The van der Waals surface area contributed by atoms with Gasteiger partial charge < -0.3 is 14.2 Å². The Morgan fingerprint density at radius 2 is 1.86 bits per heavy atom. The number of halogens is 1. The Labute approximate surface area is 139 Å². The van der Waals surface area contributed by atoms with E-state index in [1.54, 1.807) is 0 Å². The Hall–Kier alpha value is -0.350. The minimum absolute atomic E-state index is 0.000609. The third-order valence-corrected chi connectivity index (χ3v) is 4.81. The SMILES string of the molecule is C=CCCC[C@H]1CO[C@H]([C@H]2CC[C@H](OC/C=C/Cl)CC2)OC1. The van der Waals surface area contributed by atoms with Crippen LogP contribution in [-0.2, 0) is 14.2 Å². The predicted octanol–water partition coefficient (Wildman–Crippen LogP) is 4.66. The predicted molar refractivity (Wildman–Crippen MR) is 89.9 cm³/mol. The van der Waals surface area contributed by atoms with E-state index < -0.39 is 0 Å². The van der Waals surface area contributed by atoms with Crippen molar-refractivity contribution in [2.45, 2.75) is 57.3 Å². The van der Waals surface area contributed by atoms with Crippen LogP contribution in [0.3, 0.4) is 0 Å². The first-order chi connectivity index (χ1) is 10.8. The fourth-order valence-corrected chi connectivity index (χ4v) is 3.38. The third kappa shape index (κ3) is 6.04. The summed E-state index contributed by atoms with van der Waals surface area (Å²) >= 11 is 5.50. The first kappa shape index (κ1) is 18.0. The first-order valence-corrected chi connectivity index (χ1v) is 8.98. The van der Waals surface area contributed by atoms with E-state index in [4.69, 9.17) is 25.8 Å². The minimum atomic E-state index is -0.000609. The van der Waals surface area contributed by atoms with E-state index in [2.05, 4.69) is 6.58 Å². The zero-order chi connectivity index (χ0) is 15.6. The maximum atomic E-state index is 5.98. The summed E-state index contributed by atoms with van der Waals surface area (Å²) in [6.45, 7) is 6.07. The molecular formula is C18H29ClO3. The van der Waals surface area contributed by atoms with E-state index in [0.29, 0.717) is 24.5 Å². The van der Waals surface area contributed by atoms with Gasteiger partial charge in [0, 0.05) is 17.4 Å². The van der Waals surface area contributed by atoms with E-state index in [-0.39, 0.29) is 6.29 Å². The van der Waals surface area contributed by atoms with Gasteiger partial charge in [-0.3, -0.25) is 0 Å². The lowest BCUT2D eigenvalue weighted by Gasteiger charge is -2.37. The highest BCUT2D eigenvalue weighted by molar-refractivity contribution is 6.25. The topological polar surface area (TPSA) is 27.7 Å². The lowest BCUT2D eigenvalue weighted by Crippen LogP contribution is -2.39. The van der Waals surface area contributed by atoms with Crippen LogP contribution in [0.25, 0.3) is 0 Å². The number of allylic oxidation sites excluding steroid dienone is 1. The fourth-order valence-electron chi connectivity index (χ4n) is 3.30. The second kappa shape index (κ2) is 10.4. The highest BCUT2D eigenvalue weighted by Crippen LogP contribution is 2.32. The van der Waals surface area contributed by atoms with E-state index in [9.17, 15) is 0 Å². The summed E-state index contributed by atoms with van der Waals surface area (Å²) in [6, 6.07) is 0. The lowest BCUT2D eigenvalue weighted by atomic mass is 9.86. The van der Waals surface area contributed by atoms with Crippen LogP contribution in [0.5, 0.6) is 0 Å². The van der Waals surface area contributed by atoms with Crippen molar-refractivity contribution in [1.82, 2.24) is 0 Å². The maximum Gasteiger partial charge on any atom is 0.160 e. The molecule has 1 heterocycles. The standard InChI is InChI=1S/C18H29ClO3/c1-2-3-4-6-15-13-21-18(22-14-15)16-7-9-17(10-8-16)20-12-5-11-19/h2,5,11,15-18H,1,3-4,6-10,12-14H2/b11-5+/t15-,16-,17-,18-. The molecule has 0 aromatic rings. The summed E-state index contributed by atoms with van der Waals surface area (Å²) in [5.41, 5.74) is 1.51. The summed E-state index contributed by atoms with van der Waals surface area (Å²) in [4.78, 5) is 0. The number of ether oxygens (including phenoxy) is 3. The maximum absolute atomic E-state index is 5.98. The molecule has 0 unspecified atom stereocenters. The fraction of sp³-hybridized carbons (Fsp3) is 0.778. The molecule has 0 bridgehead atoms. The molecule has 0 aromatic carbocycles. The number of hydrogen-bond donors (Lipinski definition) is 0. The van der Waals surface area contributed by atoms with Crippen LogP contribution in [0.4, 0.5) is 0 Å². The van der Waals surface area contributed by atoms with Gasteiger partial charge in [-0.15, -0.1) is 6.58 Å². The van der Waals surface area contributed by atoms with Crippen LogP contribution in [-0.4, -0.2) is 32.2 Å². The summed E-state index contributed by atoms with van der Waals surface area (Å²) in [5.74, 6) is 1.08. The molecular weight excluding hydrogens is 300 g/mol. The average Bonchev–Trinajstić information content (AvgIpc) is 2.57. The van der Waals surface area contributed by atoms with Gasteiger partial charge in [0.25, 0.3) is 0 Å². The zero-order valence-corrected chi connectivity index (χ0v) is 14.2. The molecule has 126 valence electrons. The molecule has 1 saturated carbocycles. The summed E-state index contributed by atoms with van der Waals surface area (Å²) in [6.07, 6.45) is 12.1. The van der Waals surface area contributed by atoms with Crippen molar-refractivity contribution in [3.63, 3.8) is 0 Å². The quantitative estimate of drug-likeness (QED) is 0.479. The van der Waals surface area contributed by atoms with Crippen molar-refractivity contribution in [2.75, 3.05) is 19.8 Å². The van der Waals surface area contributed by atoms with E-state index in [1.807, 2.05) is 12.2 Å². The van der Waals surface area contributed by atoms with Crippen molar-refractivity contribution in [3.05, 3.63) is 24.3 Å². The van der Waals surface area contributed by atoms with Gasteiger partial charge in [-0.25, -0.2) is 0 Å². The molecule has 1 aliphatic heterocycles. The Bertz CT molecular complexity index is 329. The Balaban J connectivity index is 1.61.